The highest BCUT2D eigenvalue weighted by Crippen LogP contribution is 2.33. The van der Waals surface area contributed by atoms with Gasteiger partial charge in [-0.2, -0.15) is 4.68 Å². The Kier molecular flexibility index (Phi) is 4.68. The number of tetrazole rings is 1. The number of benzene rings is 2. The van der Waals surface area contributed by atoms with Gasteiger partial charge < -0.3 is 0 Å². The van der Waals surface area contributed by atoms with Gasteiger partial charge in [0.15, 0.2) is 11.6 Å². The smallest absolute Gasteiger partial charge is 0.190 e. The number of aromatic nitrogens is 7. The Morgan fingerprint density at radius 2 is 1.65 bits per heavy atom. The third-order valence-corrected chi connectivity index (χ3v) is 4.62. The summed E-state index contributed by atoms with van der Waals surface area (Å²) < 4.78 is 29.8. The predicted molar refractivity (Wildman–Crippen MR) is 109 cm³/mol. The summed E-state index contributed by atoms with van der Waals surface area (Å²) in [6, 6.07) is 16.1. The van der Waals surface area contributed by atoms with Crippen molar-refractivity contribution in [1.82, 2.24) is 35.2 Å². The summed E-state index contributed by atoms with van der Waals surface area (Å²) >= 11 is 0. The molecule has 3 heterocycles. The van der Waals surface area contributed by atoms with Crippen LogP contribution in [0.2, 0.25) is 0 Å². The van der Waals surface area contributed by atoms with Gasteiger partial charge in [-0.15, -0.1) is 5.10 Å². The van der Waals surface area contributed by atoms with Crippen molar-refractivity contribution in [1.29, 1.82) is 0 Å². The lowest BCUT2D eigenvalue weighted by Gasteiger charge is -2.12. The Balaban J connectivity index is 1.74. The van der Waals surface area contributed by atoms with Crippen LogP contribution in [-0.4, -0.2) is 35.2 Å². The SMILES string of the molecule is Fc1ccc(-c2nc(-c3ccncc3)ncc2-c2nnnn2-c2ccccc2)c(F)c1. The van der Waals surface area contributed by atoms with Crippen molar-refractivity contribution in [2.24, 2.45) is 0 Å². The summed E-state index contributed by atoms with van der Waals surface area (Å²) in [4.78, 5) is 13.0. The topological polar surface area (TPSA) is 82.3 Å². The number of rotatable bonds is 4. The molecular formula is C22H13F2N7. The second kappa shape index (κ2) is 7.79. The van der Waals surface area contributed by atoms with Gasteiger partial charge >= 0.3 is 0 Å². The zero-order valence-corrected chi connectivity index (χ0v) is 15.9. The number of hydrogen-bond donors (Lipinski definition) is 0. The van der Waals surface area contributed by atoms with Crippen LogP contribution in [0.15, 0.2) is 79.3 Å². The van der Waals surface area contributed by atoms with Gasteiger partial charge in [-0.25, -0.2) is 18.7 Å². The third kappa shape index (κ3) is 3.52. The van der Waals surface area contributed by atoms with Gasteiger partial charge in [0.05, 0.1) is 16.9 Å². The van der Waals surface area contributed by atoms with Crippen molar-refractivity contribution in [2.45, 2.75) is 0 Å². The molecule has 0 saturated carbocycles. The maximum atomic E-state index is 14.7. The quantitative estimate of drug-likeness (QED) is 0.441. The van der Waals surface area contributed by atoms with E-state index in [4.69, 9.17) is 0 Å². The molecule has 0 radical (unpaired) electrons. The summed E-state index contributed by atoms with van der Waals surface area (Å²) in [6.07, 6.45) is 4.76. The van der Waals surface area contributed by atoms with Crippen molar-refractivity contribution in [3.05, 3.63) is 90.9 Å². The Morgan fingerprint density at radius 1 is 0.839 bits per heavy atom. The average molecular weight is 413 g/mol. The van der Waals surface area contributed by atoms with Gasteiger partial charge in [-0.05, 0) is 46.8 Å². The van der Waals surface area contributed by atoms with Crippen LogP contribution in [0.25, 0.3) is 39.7 Å². The number of halogens is 2. The molecule has 0 unspecified atom stereocenters. The van der Waals surface area contributed by atoms with E-state index in [-0.39, 0.29) is 11.3 Å². The van der Waals surface area contributed by atoms with E-state index in [9.17, 15) is 8.78 Å². The highest BCUT2D eigenvalue weighted by atomic mass is 19.1. The van der Waals surface area contributed by atoms with E-state index in [1.807, 2.05) is 30.3 Å². The van der Waals surface area contributed by atoms with E-state index < -0.39 is 11.6 Å². The molecule has 5 aromatic rings. The van der Waals surface area contributed by atoms with Crippen LogP contribution in [0.5, 0.6) is 0 Å². The maximum Gasteiger partial charge on any atom is 0.190 e. The Morgan fingerprint density at radius 3 is 2.42 bits per heavy atom. The minimum atomic E-state index is -0.751. The zero-order valence-electron chi connectivity index (χ0n) is 15.9. The molecule has 31 heavy (non-hydrogen) atoms. The molecule has 0 aliphatic carbocycles. The molecule has 0 bridgehead atoms. The number of hydrogen-bond acceptors (Lipinski definition) is 6. The van der Waals surface area contributed by atoms with E-state index in [0.29, 0.717) is 28.5 Å². The second-order valence-electron chi connectivity index (χ2n) is 6.57. The van der Waals surface area contributed by atoms with E-state index in [1.165, 1.54) is 23.0 Å². The monoisotopic (exact) mass is 413 g/mol. The van der Waals surface area contributed by atoms with E-state index >= 15 is 0 Å². The van der Waals surface area contributed by atoms with Crippen molar-refractivity contribution < 1.29 is 8.78 Å². The summed E-state index contributed by atoms with van der Waals surface area (Å²) in [5.74, 6) is -0.741. The first-order valence-electron chi connectivity index (χ1n) is 9.28. The van der Waals surface area contributed by atoms with Crippen LogP contribution >= 0.6 is 0 Å². The first kappa shape index (κ1) is 18.6. The highest BCUT2D eigenvalue weighted by Gasteiger charge is 2.21. The fourth-order valence-electron chi connectivity index (χ4n) is 3.17. The number of nitrogens with zero attached hydrogens (tertiary/aromatic N) is 7. The largest absolute Gasteiger partial charge is 0.265 e. The second-order valence-corrected chi connectivity index (χ2v) is 6.57. The van der Waals surface area contributed by atoms with Crippen molar-refractivity contribution in [2.75, 3.05) is 0 Å². The molecule has 0 spiro atoms. The molecule has 7 nitrogen and oxygen atoms in total. The Hall–Kier alpha value is -4.40. The number of pyridine rings is 1. The normalized spacial score (nSPS) is 10.9. The van der Waals surface area contributed by atoms with Crippen LogP contribution in [0.1, 0.15) is 0 Å². The average Bonchev–Trinajstić information content (AvgIpc) is 3.30. The molecule has 0 amide bonds. The van der Waals surface area contributed by atoms with Gasteiger partial charge in [-0.3, -0.25) is 4.98 Å². The van der Waals surface area contributed by atoms with Crippen molar-refractivity contribution in [3.8, 4) is 39.7 Å². The van der Waals surface area contributed by atoms with E-state index in [2.05, 4.69) is 30.5 Å². The molecule has 0 aliphatic rings. The van der Waals surface area contributed by atoms with Gasteiger partial charge in [0, 0.05) is 35.8 Å². The molecule has 0 fully saturated rings. The van der Waals surface area contributed by atoms with Crippen LogP contribution in [0.4, 0.5) is 8.78 Å². The molecule has 0 N–H and O–H groups in total. The lowest BCUT2D eigenvalue weighted by Crippen LogP contribution is -2.04. The van der Waals surface area contributed by atoms with Crippen LogP contribution in [-0.2, 0) is 0 Å². The molecule has 3 aromatic heterocycles. The highest BCUT2D eigenvalue weighted by molar-refractivity contribution is 5.79. The molecule has 2 aromatic carbocycles. The van der Waals surface area contributed by atoms with Crippen molar-refractivity contribution >= 4 is 0 Å². The molecule has 150 valence electrons. The molecule has 9 heteroatoms. The molecule has 0 atom stereocenters. The molecule has 0 aliphatic heterocycles. The fraction of sp³-hybridized carbons (Fsp3) is 0. The Bertz CT molecular complexity index is 1360. The van der Waals surface area contributed by atoms with Gasteiger partial charge in [0.2, 0.25) is 0 Å². The van der Waals surface area contributed by atoms with Crippen LogP contribution in [0, 0.1) is 11.6 Å². The van der Waals surface area contributed by atoms with Crippen LogP contribution in [0.3, 0.4) is 0 Å². The van der Waals surface area contributed by atoms with Gasteiger partial charge in [0.25, 0.3) is 0 Å². The van der Waals surface area contributed by atoms with Gasteiger partial charge in [0.1, 0.15) is 11.6 Å². The third-order valence-electron chi connectivity index (χ3n) is 4.62. The minimum absolute atomic E-state index is 0.108. The first-order chi connectivity index (χ1) is 15.2. The molecule has 5 rings (SSSR count). The van der Waals surface area contributed by atoms with Crippen LogP contribution < -0.4 is 0 Å². The molecule has 0 saturated heterocycles. The zero-order chi connectivity index (χ0) is 21.2. The predicted octanol–water partition coefficient (Wildman–Crippen LogP) is 4.13. The standard InChI is InChI=1S/C22H13F2N7/c23-15-6-7-17(19(24)12-15)20-18(13-26-21(27-20)14-8-10-25-11-9-14)22-28-29-30-31(22)16-4-2-1-3-5-16/h1-13H. The Labute approximate surface area is 175 Å². The summed E-state index contributed by atoms with van der Waals surface area (Å²) in [6.45, 7) is 0. The fourth-order valence-corrected chi connectivity index (χ4v) is 3.17. The minimum Gasteiger partial charge on any atom is -0.265 e. The summed E-state index contributed by atoms with van der Waals surface area (Å²) in [7, 11) is 0. The lowest BCUT2D eigenvalue weighted by atomic mass is 10.0. The van der Waals surface area contributed by atoms with E-state index in [0.717, 1.165) is 6.07 Å². The van der Waals surface area contributed by atoms with Gasteiger partial charge in [-0.1, -0.05) is 18.2 Å². The first-order valence-corrected chi connectivity index (χ1v) is 9.28. The van der Waals surface area contributed by atoms with E-state index in [1.54, 1.807) is 24.5 Å². The lowest BCUT2D eigenvalue weighted by molar-refractivity contribution is 0.585. The molecular weight excluding hydrogens is 400 g/mol. The summed E-state index contributed by atoms with van der Waals surface area (Å²) in [5.41, 5.74) is 2.17. The van der Waals surface area contributed by atoms with Crippen molar-refractivity contribution in [3.63, 3.8) is 0 Å². The maximum absolute atomic E-state index is 14.7. The summed E-state index contributed by atoms with van der Waals surface area (Å²) in [5, 5.41) is 11.9. The number of para-hydroxylation sites is 1.